The van der Waals surface area contributed by atoms with Gasteiger partial charge in [-0.2, -0.15) is 0 Å². The zero-order chi connectivity index (χ0) is 13.5. The third-order valence-corrected chi connectivity index (χ3v) is 3.43. The lowest BCUT2D eigenvalue weighted by Crippen LogP contribution is -2.33. The first-order chi connectivity index (χ1) is 8.58. The molecule has 0 unspecified atom stereocenters. The fourth-order valence-electron chi connectivity index (χ4n) is 1.49. The normalized spacial score (nSPS) is 10.2. The third-order valence-electron chi connectivity index (χ3n) is 2.25. The van der Waals surface area contributed by atoms with Crippen LogP contribution in [-0.2, 0) is 11.3 Å². The molecule has 2 N–H and O–H groups in total. The van der Waals surface area contributed by atoms with Crippen LogP contribution in [0.15, 0.2) is 21.1 Å². The fraction of sp³-hybridized carbons (Fsp3) is 0.417. The summed E-state index contributed by atoms with van der Waals surface area (Å²) in [5.74, 6) is 0.770. The maximum Gasteiger partial charge on any atom is 0.233 e. The van der Waals surface area contributed by atoms with Crippen molar-refractivity contribution in [3.63, 3.8) is 0 Å². The number of hydrogen-bond donors (Lipinski definition) is 2. The number of carbonyl (C=O) groups is 1. The van der Waals surface area contributed by atoms with Crippen molar-refractivity contribution in [3.8, 4) is 5.75 Å². The largest absolute Gasteiger partial charge is 0.494 e. The van der Waals surface area contributed by atoms with E-state index in [4.69, 9.17) is 4.74 Å². The summed E-state index contributed by atoms with van der Waals surface area (Å²) in [4.78, 5) is 11.3. The Kier molecular flexibility index (Phi) is 6.67. The lowest BCUT2D eigenvalue weighted by molar-refractivity contribution is -0.120. The highest BCUT2D eigenvalue weighted by Crippen LogP contribution is 2.34. The van der Waals surface area contributed by atoms with E-state index in [1.807, 2.05) is 19.1 Å². The molecule has 4 nitrogen and oxygen atoms in total. The molecule has 100 valence electrons. The highest BCUT2D eigenvalue weighted by Gasteiger charge is 2.08. The predicted molar refractivity (Wildman–Crippen MR) is 78.8 cm³/mol. The molecule has 0 aliphatic carbocycles. The van der Waals surface area contributed by atoms with Gasteiger partial charge in [0, 0.05) is 13.1 Å². The summed E-state index contributed by atoms with van der Waals surface area (Å²) < 4.78 is 6.99. The van der Waals surface area contributed by atoms with Gasteiger partial charge in [-0.15, -0.1) is 0 Å². The van der Waals surface area contributed by atoms with Crippen molar-refractivity contribution < 1.29 is 9.53 Å². The third kappa shape index (κ3) is 4.59. The second-order valence-corrected chi connectivity index (χ2v) is 5.36. The van der Waals surface area contributed by atoms with E-state index in [2.05, 4.69) is 42.5 Å². The quantitative estimate of drug-likeness (QED) is 0.798. The van der Waals surface area contributed by atoms with Crippen molar-refractivity contribution in [1.29, 1.82) is 0 Å². The van der Waals surface area contributed by atoms with Crippen LogP contribution in [0.4, 0.5) is 0 Å². The number of halogens is 2. The highest BCUT2D eigenvalue weighted by atomic mass is 79.9. The molecule has 1 amide bonds. The highest BCUT2D eigenvalue weighted by molar-refractivity contribution is 9.11. The zero-order valence-electron chi connectivity index (χ0n) is 10.3. The first kappa shape index (κ1) is 15.5. The fourth-order valence-corrected chi connectivity index (χ4v) is 3.09. The molecule has 18 heavy (non-hydrogen) atoms. The molecule has 1 aromatic rings. The van der Waals surface area contributed by atoms with E-state index in [0.29, 0.717) is 19.6 Å². The lowest BCUT2D eigenvalue weighted by Gasteiger charge is -2.10. The summed E-state index contributed by atoms with van der Waals surface area (Å²) >= 11 is 6.88. The van der Waals surface area contributed by atoms with Crippen LogP contribution in [-0.4, -0.2) is 26.1 Å². The monoisotopic (exact) mass is 378 g/mol. The number of benzene rings is 1. The summed E-state index contributed by atoms with van der Waals surface area (Å²) in [6.07, 6.45) is 0. The minimum Gasteiger partial charge on any atom is -0.494 e. The van der Waals surface area contributed by atoms with E-state index in [-0.39, 0.29) is 5.91 Å². The Morgan fingerprint density at radius 2 is 1.94 bits per heavy atom. The van der Waals surface area contributed by atoms with Crippen molar-refractivity contribution in [2.75, 3.05) is 20.2 Å². The number of methoxy groups -OCH3 is 1. The molecule has 0 atom stereocenters. The molecule has 0 fully saturated rings. The Balaban J connectivity index is 2.56. The van der Waals surface area contributed by atoms with Crippen molar-refractivity contribution in [2.24, 2.45) is 0 Å². The van der Waals surface area contributed by atoms with E-state index in [1.54, 1.807) is 7.11 Å². The van der Waals surface area contributed by atoms with Crippen molar-refractivity contribution in [2.45, 2.75) is 13.5 Å². The second-order valence-electron chi connectivity index (χ2n) is 3.65. The minimum absolute atomic E-state index is 0.00384. The van der Waals surface area contributed by atoms with Crippen molar-refractivity contribution >= 4 is 37.8 Å². The lowest BCUT2D eigenvalue weighted by atomic mass is 10.2. The Bertz CT molecular complexity index is 402. The molecular formula is C12H16Br2N2O2. The van der Waals surface area contributed by atoms with E-state index >= 15 is 0 Å². The number of carbonyl (C=O) groups excluding carboxylic acids is 1. The van der Waals surface area contributed by atoms with Crippen molar-refractivity contribution in [1.82, 2.24) is 10.6 Å². The average molecular weight is 380 g/mol. The summed E-state index contributed by atoms with van der Waals surface area (Å²) in [6, 6.07) is 3.93. The van der Waals surface area contributed by atoms with Gasteiger partial charge in [-0.3, -0.25) is 4.79 Å². The molecule has 0 spiro atoms. The van der Waals surface area contributed by atoms with Gasteiger partial charge >= 0.3 is 0 Å². The van der Waals surface area contributed by atoms with Crippen LogP contribution in [0.25, 0.3) is 0 Å². The van der Waals surface area contributed by atoms with Crippen LogP contribution >= 0.6 is 31.9 Å². The number of hydrogen-bond acceptors (Lipinski definition) is 3. The Labute approximate surface area is 124 Å². The number of nitrogens with one attached hydrogen (secondary N) is 2. The Morgan fingerprint density at radius 1 is 1.33 bits per heavy atom. The molecular weight excluding hydrogens is 364 g/mol. The molecule has 0 aliphatic heterocycles. The SMILES string of the molecule is CCNC(=O)CNCc1cc(Br)c(OC)c(Br)c1. The Hall–Kier alpha value is -0.590. The molecule has 0 aliphatic rings. The van der Waals surface area contributed by atoms with E-state index < -0.39 is 0 Å². The maximum absolute atomic E-state index is 11.3. The zero-order valence-corrected chi connectivity index (χ0v) is 13.5. The molecule has 0 bridgehead atoms. The van der Waals surface area contributed by atoms with E-state index in [1.165, 1.54) is 0 Å². The van der Waals surface area contributed by atoms with Crippen LogP contribution in [0.2, 0.25) is 0 Å². The number of rotatable bonds is 6. The van der Waals surface area contributed by atoms with Gasteiger partial charge in [-0.05, 0) is 56.5 Å². The Morgan fingerprint density at radius 3 is 2.44 bits per heavy atom. The predicted octanol–water partition coefficient (Wildman–Crippen LogP) is 2.45. The molecule has 0 aromatic heterocycles. The average Bonchev–Trinajstić information content (AvgIpc) is 2.29. The van der Waals surface area contributed by atoms with Crippen LogP contribution in [0.5, 0.6) is 5.75 Å². The molecule has 0 heterocycles. The number of ether oxygens (including phenoxy) is 1. The molecule has 1 rings (SSSR count). The molecule has 0 saturated heterocycles. The standard InChI is InChI=1S/C12H16Br2N2O2/c1-3-16-11(17)7-15-6-8-4-9(13)12(18-2)10(14)5-8/h4-5,15H,3,6-7H2,1-2H3,(H,16,17). The van der Waals surface area contributed by atoms with Crippen LogP contribution in [0.3, 0.4) is 0 Å². The summed E-state index contributed by atoms with van der Waals surface area (Å²) in [6.45, 7) is 3.49. The maximum atomic E-state index is 11.3. The van der Waals surface area contributed by atoms with Gasteiger partial charge in [0.1, 0.15) is 5.75 Å². The van der Waals surface area contributed by atoms with Gasteiger partial charge in [0.25, 0.3) is 0 Å². The van der Waals surface area contributed by atoms with Crippen molar-refractivity contribution in [3.05, 3.63) is 26.6 Å². The summed E-state index contributed by atoms with van der Waals surface area (Å²) in [5.41, 5.74) is 1.07. The van der Waals surface area contributed by atoms with E-state index in [9.17, 15) is 4.79 Å². The topological polar surface area (TPSA) is 50.4 Å². The molecule has 0 saturated carbocycles. The van der Waals surface area contributed by atoms with Gasteiger partial charge in [0.2, 0.25) is 5.91 Å². The molecule has 0 radical (unpaired) electrons. The molecule has 1 aromatic carbocycles. The number of likely N-dealkylation sites (N-methyl/N-ethyl adjacent to an activating group) is 1. The first-order valence-corrected chi connectivity index (χ1v) is 7.16. The summed E-state index contributed by atoms with van der Waals surface area (Å²) in [5, 5.41) is 5.82. The van der Waals surface area contributed by atoms with Crippen LogP contribution < -0.4 is 15.4 Å². The molecule has 6 heteroatoms. The van der Waals surface area contributed by atoms with Gasteiger partial charge in [0.05, 0.1) is 22.6 Å². The van der Waals surface area contributed by atoms with Gasteiger partial charge < -0.3 is 15.4 Å². The first-order valence-electron chi connectivity index (χ1n) is 5.57. The number of amides is 1. The second kappa shape index (κ2) is 7.76. The van der Waals surface area contributed by atoms with E-state index in [0.717, 1.165) is 20.3 Å². The minimum atomic E-state index is 0.00384. The van der Waals surface area contributed by atoms with Gasteiger partial charge in [-0.1, -0.05) is 0 Å². The van der Waals surface area contributed by atoms with Crippen LogP contribution in [0.1, 0.15) is 12.5 Å². The summed E-state index contributed by atoms with van der Waals surface area (Å²) in [7, 11) is 1.62. The van der Waals surface area contributed by atoms with Gasteiger partial charge in [-0.25, -0.2) is 0 Å². The van der Waals surface area contributed by atoms with Gasteiger partial charge in [0.15, 0.2) is 0 Å². The van der Waals surface area contributed by atoms with Crippen LogP contribution in [0, 0.1) is 0 Å². The smallest absolute Gasteiger partial charge is 0.233 e.